The van der Waals surface area contributed by atoms with Gasteiger partial charge in [-0.1, -0.05) is 84.4 Å². The zero-order chi connectivity index (χ0) is 26.6. The van der Waals surface area contributed by atoms with Gasteiger partial charge in [-0.15, -0.1) is 0 Å². The lowest BCUT2D eigenvalue weighted by atomic mass is 9.74. The smallest absolute Gasteiger partial charge is 0.201 e. The number of carbonyl (C=O) groups is 2. The lowest BCUT2D eigenvalue weighted by Gasteiger charge is -2.30. The van der Waals surface area contributed by atoms with Gasteiger partial charge in [-0.2, -0.15) is 0 Å². The molecule has 2 unspecified atom stereocenters. The van der Waals surface area contributed by atoms with E-state index in [9.17, 15) is 9.59 Å². The van der Waals surface area contributed by atoms with Crippen molar-refractivity contribution in [3.8, 4) is 0 Å². The highest BCUT2D eigenvalue weighted by Crippen LogP contribution is 2.38. The van der Waals surface area contributed by atoms with Crippen molar-refractivity contribution in [3.63, 3.8) is 0 Å². The van der Waals surface area contributed by atoms with Crippen LogP contribution in [-0.4, -0.2) is 37.9 Å². The molecule has 2 N–H and O–H groups in total. The molecule has 2 aliphatic rings. The average molecular weight is 507 g/mol. The second-order valence-corrected chi connectivity index (χ2v) is 10.5. The van der Waals surface area contributed by atoms with E-state index in [4.69, 9.17) is 4.74 Å². The quantitative estimate of drug-likeness (QED) is 0.224. The lowest BCUT2D eigenvalue weighted by molar-refractivity contribution is 0.0879. The summed E-state index contributed by atoms with van der Waals surface area (Å²) in [7, 11) is 0. The minimum Gasteiger partial charge on any atom is -0.384 e. The van der Waals surface area contributed by atoms with Crippen molar-refractivity contribution in [2.45, 2.75) is 85.5 Å². The normalized spacial score (nSPS) is 18.2. The molecule has 0 radical (unpaired) electrons. The molecular formula is C32H46N2O3. The molecule has 0 heterocycles. The minimum absolute atomic E-state index is 0.000526. The SMILES string of the molecule is CCCCC(CC)CNc1cc#cc2c1C(=O)[C@@H]1CC=CC(NCCOCC(CC)CCCC)=C1C2=O. The van der Waals surface area contributed by atoms with Gasteiger partial charge in [-0.25, -0.2) is 0 Å². The fourth-order valence-corrected chi connectivity index (χ4v) is 5.32. The van der Waals surface area contributed by atoms with E-state index >= 15 is 0 Å². The molecular weight excluding hydrogens is 460 g/mol. The number of anilines is 1. The van der Waals surface area contributed by atoms with Gasteiger partial charge in [0.25, 0.3) is 0 Å². The van der Waals surface area contributed by atoms with E-state index in [-0.39, 0.29) is 11.6 Å². The monoisotopic (exact) mass is 506 g/mol. The third-order valence-corrected chi connectivity index (χ3v) is 7.85. The predicted molar refractivity (Wildman–Crippen MR) is 151 cm³/mol. The van der Waals surface area contributed by atoms with E-state index in [0.717, 1.165) is 38.1 Å². The van der Waals surface area contributed by atoms with Crippen LogP contribution in [0.5, 0.6) is 0 Å². The largest absolute Gasteiger partial charge is 0.384 e. The number of carbonyl (C=O) groups excluding carboxylic acids is 2. The summed E-state index contributed by atoms with van der Waals surface area (Å²) in [6.07, 6.45) is 13.9. The van der Waals surface area contributed by atoms with E-state index in [1.165, 1.54) is 32.1 Å². The summed E-state index contributed by atoms with van der Waals surface area (Å²) < 4.78 is 5.93. The van der Waals surface area contributed by atoms with E-state index in [2.05, 4.69) is 50.5 Å². The van der Waals surface area contributed by atoms with Crippen LogP contribution in [0.4, 0.5) is 5.69 Å². The average Bonchev–Trinajstić information content (AvgIpc) is 2.93. The van der Waals surface area contributed by atoms with Gasteiger partial charge in [0.15, 0.2) is 5.78 Å². The summed E-state index contributed by atoms with van der Waals surface area (Å²) in [5.74, 6) is 0.574. The second-order valence-electron chi connectivity index (χ2n) is 10.5. The first-order valence-corrected chi connectivity index (χ1v) is 14.6. The zero-order valence-electron chi connectivity index (χ0n) is 23.4. The molecule has 0 saturated carbocycles. The maximum absolute atomic E-state index is 13.7. The molecule has 5 nitrogen and oxygen atoms in total. The van der Waals surface area contributed by atoms with Crippen molar-refractivity contribution < 1.29 is 14.3 Å². The Kier molecular flexibility index (Phi) is 11.7. The van der Waals surface area contributed by atoms with Crippen LogP contribution in [0, 0.1) is 29.9 Å². The Balaban J connectivity index is 1.69. The van der Waals surface area contributed by atoms with Crippen molar-refractivity contribution in [2.75, 3.05) is 31.6 Å². The molecule has 37 heavy (non-hydrogen) atoms. The highest BCUT2D eigenvalue weighted by molar-refractivity contribution is 6.25. The molecule has 3 atom stereocenters. The van der Waals surface area contributed by atoms with Crippen molar-refractivity contribution in [2.24, 2.45) is 17.8 Å². The first-order chi connectivity index (χ1) is 18.0. The van der Waals surface area contributed by atoms with Crippen LogP contribution in [0.1, 0.15) is 106 Å². The molecule has 3 rings (SSSR count). The number of hydrogen-bond donors (Lipinski definition) is 2. The summed E-state index contributed by atoms with van der Waals surface area (Å²) in [6.45, 7) is 11.6. The number of allylic oxidation sites excluding steroid dienone is 3. The first-order valence-electron chi connectivity index (χ1n) is 14.6. The number of ether oxygens (including phenoxy) is 1. The van der Waals surface area contributed by atoms with Crippen LogP contribution in [0.3, 0.4) is 0 Å². The van der Waals surface area contributed by atoms with Crippen LogP contribution < -0.4 is 10.6 Å². The first kappa shape index (κ1) is 29.0. The Labute approximate surface area is 224 Å². The van der Waals surface area contributed by atoms with Gasteiger partial charge >= 0.3 is 0 Å². The number of nitrogens with one attached hydrogen (secondary N) is 2. The van der Waals surface area contributed by atoms with Crippen LogP contribution in [0.2, 0.25) is 0 Å². The molecule has 5 heteroatoms. The summed E-state index contributed by atoms with van der Waals surface area (Å²) in [5.41, 5.74) is 2.84. The van der Waals surface area contributed by atoms with Crippen molar-refractivity contribution >= 4 is 17.3 Å². The summed E-state index contributed by atoms with van der Waals surface area (Å²) in [5, 5.41) is 6.85. The molecule has 1 aromatic rings. The van der Waals surface area contributed by atoms with Gasteiger partial charge in [0.1, 0.15) is 0 Å². The number of rotatable bonds is 17. The highest BCUT2D eigenvalue weighted by atomic mass is 16.5. The van der Waals surface area contributed by atoms with E-state index < -0.39 is 5.92 Å². The van der Waals surface area contributed by atoms with E-state index in [1.54, 1.807) is 6.07 Å². The third-order valence-electron chi connectivity index (χ3n) is 7.85. The minimum atomic E-state index is -0.453. The van der Waals surface area contributed by atoms with E-state index in [0.29, 0.717) is 53.8 Å². The molecule has 0 saturated heterocycles. The molecule has 1 aromatic carbocycles. The maximum atomic E-state index is 13.7. The molecule has 0 aliphatic heterocycles. The number of hydrogen-bond acceptors (Lipinski definition) is 5. The maximum Gasteiger partial charge on any atom is 0.201 e. The molecule has 0 bridgehead atoms. The van der Waals surface area contributed by atoms with E-state index in [1.807, 2.05) is 12.2 Å². The van der Waals surface area contributed by atoms with Gasteiger partial charge in [-0.05, 0) is 37.2 Å². The predicted octanol–water partition coefficient (Wildman–Crippen LogP) is 6.95. The molecule has 0 spiro atoms. The number of Topliss-reactive ketones (excluding diaryl/α,β-unsaturated/α-hetero) is 2. The summed E-state index contributed by atoms with van der Waals surface area (Å²) in [4.78, 5) is 27.3. The Morgan fingerprint density at radius 2 is 1.76 bits per heavy atom. The molecule has 0 fully saturated rings. The van der Waals surface area contributed by atoms with Crippen LogP contribution in [-0.2, 0) is 4.74 Å². The van der Waals surface area contributed by atoms with Gasteiger partial charge in [-0.3, -0.25) is 9.59 Å². The Hall–Kier alpha value is -2.58. The van der Waals surface area contributed by atoms with Crippen molar-refractivity contribution in [1.29, 1.82) is 0 Å². The third kappa shape index (κ3) is 7.48. The van der Waals surface area contributed by atoms with Gasteiger partial charge in [0.05, 0.1) is 29.3 Å². The topological polar surface area (TPSA) is 67.4 Å². The number of ketones is 2. The van der Waals surface area contributed by atoms with Crippen LogP contribution in [0.15, 0.2) is 29.5 Å². The molecule has 2 aliphatic carbocycles. The van der Waals surface area contributed by atoms with Gasteiger partial charge in [0.2, 0.25) is 5.78 Å². The molecule has 0 aromatic heterocycles. The fourth-order valence-electron chi connectivity index (χ4n) is 5.32. The lowest BCUT2D eigenvalue weighted by Crippen LogP contribution is -2.35. The zero-order valence-corrected chi connectivity index (χ0v) is 23.4. The van der Waals surface area contributed by atoms with Crippen molar-refractivity contribution in [1.82, 2.24) is 5.32 Å². The Bertz CT molecular complexity index is 965. The standard InChI is InChI=1S/C32H46N2O3/c1-5-9-13-23(7-3)21-34-28-18-12-16-26-30(28)32(36)25-15-11-17-27(29(25)31(26)35)33-19-20-37-22-24(8-4)14-10-6-2/h11,17-18,23-25,33-34H,5-10,13-15,19-22H2,1-4H3/t23?,24?,25-/m1/s1. The highest BCUT2D eigenvalue weighted by Gasteiger charge is 2.40. The Morgan fingerprint density at radius 3 is 2.46 bits per heavy atom. The van der Waals surface area contributed by atoms with Crippen molar-refractivity contribution in [3.05, 3.63) is 52.7 Å². The fraction of sp³-hybridized carbons (Fsp3) is 0.625. The number of fused-ring (bicyclic) bond motifs is 2. The van der Waals surface area contributed by atoms with Crippen LogP contribution in [0.25, 0.3) is 0 Å². The van der Waals surface area contributed by atoms with Gasteiger partial charge < -0.3 is 15.4 Å². The van der Waals surface area contributed by atoms with Gasteiger partial charge in [0, 0.05) is 37.0 Å². The molecule has 202 valence electrons. The second kappa shape index (κ2) is 15.0. The summed E-state index contributed by atoms with van der Waals surface area (Å²) in [6, 6.07) is 7.72. The number of unbranched alkanes of at least 4 members (excludes halogenated alkanes) is 2. The Morgan fingerprint density at radius 1 is 1.03 bits per heavy atom. The summed E-state index contributed by atoms with van der Waals surface area (Å²) >= 11 is 0. The van der Waals surface area contributed by atoms with Crippen LogP contribution >= 0.6 is 0 Å². The molecule has 0 amide bonds.